The number of ketones is 1. The minimum Gasteiger partial charge on any atom is -0.304 e. The summed E-state index contributed by atoms with van der Waals surface area (Å²) in [6.45, 7) is 3.57. The molecule has 1 aliphatic heterocycles. The van der Waals surface area contributed by atoms with Crippen LogP contribution in [0.3, 0.4) is 0 Å². The number of piperazine rings is 1. The van der Waals surface area contributed by atoms with E-state index in [1.54, 1.807) is 11.4 Å². The van der Waals surface area contributed by atoms with Crippen molar-refractivity contribution in [1.82, 2.24) is 14.2 Å². The molecule has 1 aliphatic rings. The molecule has 1 aromatic heterocycles. The summed E-state index contributed by atoms with van der Waals surface area (Å²) in [6.07, 6.45) is 0. The lowest BCUT2D eigenvalue weighted by Crippen LogP contribution is -2.47. The molecule has 27 heavy (non-hydrogen) atoms. The number of amides is 1. The highest BCUT2D eigenvalue weighted by atomic mass is 32.2. The number of carbonyl (C=O) groups excluding carboxylic acids is 2. The summed E-state index contributed by atoms with van der Waals surface area (Å²) < 4.78 is 27.1. The maximum absolute atomic E-state index is 12.8. The molecule has 1 saturated heterocycles. The Balaban J connectivity index is 1.78. The molecule has 0 unspecified atom stereocenters. The van der Waals surface area contributed by atoms with Crippen LogP contribution in [-0.2, 0) is 10.0 Å². The topological polar surface area (TPSA) is 99.7 Å². The number of aromatic nitrogens is 1. The van der Waals surface area contributed by atoms with E-state index in [-0.39, 0.29) is 27.1 Å². The normalized spacial score (nSPS) is 16.2. The van der Waals surface area contributed by atoms with Crippen molar-refractivity contribution in [3.8, 4) is 0 Å². The monoisotopic (exact) mass is 408 g/mol. The SMILES string of the molecule is CC(=O)c1csc(NC(=O)c2cccc(S(=O)(=O)N3CCN(C)CC3)c2)n1. The van der Waals surface area contributed by atoms with Crippen LogP contribution in [0.5, 0.6) is 0 Å². The van der Waals surface area contributed by atoms with Gasteiger partial charge >= 0.3 is 0 Å². The van der Waals surface area contributed by atoms with E-state index in [1.165, 1.54) is 29.4 Å². The second kappa shape index (κ2) is 7.85. The number of anilines is 1. The third-order valence-electron chi connectivity index (χ3n) is 4.28. The average molecular weight is 409 g/mol. The standard InChI is InChI=1S/C17H20N4O4S2/c1-12(22)15-11-26-17(18-15)19-16(23)13-4-3-5-14(10-13)27(24,25)21-8-6-20(2)7-9-21/h3-5,10-11H,6-9H2,1-2H3,(H,18,19,23). The Kier molecular flexibility index (Phi) is 5.70. The highest BCUT2D eigenvalue weighted by Gasteiger charge is 2.28. The number of nitrogens with one attached hydrogen (secondary N) is 1. The number of hydrogen-bond donors (Lipinski definition) is 1. The second-order valence-corrected chi connectivity index (χ2v) is 9.08. The zero-order valence-corrected chi connectivity index (χ0v) is 16.6. The van der Waals surface area contributed by atoms with Crippen LogP contribution in [0.25, 0.3) is 0 Å². The fourth-order valence-electron chi connectivity index (χ4n) is 2.64. The van der Waals surface area contributed by atoms with Crippen LogP contribution < -0.4 is 5.32 Å². The van der Waals surface area contributed by atoms with Crippen LogP contribution in [-0.4, -0.2) is 67.5 Å². The smallest absolute Gasteiger partial charge is 0.257 e. The Morgan fingerprint density at radius 2 is 1.89 bits per heavy atom. The van der Waals surface area contributed by atoms with Crippen molar-refractivity contribution in [2.24, 2.45) is 0 Å². The quantitative estimate of drug-likeness (QED) is 0.754. The number of benzene rings is 1. The van der Waals surface area contributed by atoms with Gasteiger partial charge in [0.1, 0.15) is 5.69 Å². The lowest BCUT2D eigenvalue weighted by Gasteiger charge is -2.31. The molecule has 0 saturated carbocycles. The lowest BCUT2D eigenvalue weighted by molar-refractivity contribution is 0.100. The maximum atomic E-state index is 12.8. The predicted octanol–water partition coefficient (Wildman–Crippen LogP) is 1.53. The molecular formula is C17H20N4O4S2. The number of nitrogens with zero attached hydrogens (tertiary/aromatic N) is 3. The molecule has 1 N–H and O–H groups in total. The van der Waals surface area contributed by atoms with Crippen molar-refractivity contribution in [1.29, 1.82) is 0 Å². The van der Waals surface area contributed by atoms with E-state index < -0.39 is 15.9 Å². The van der Waals surface area contributed by atoms with Gasteiger partial charge in [-0.2, -0.15) is 4.31 Å². The van der Waals surface area contributed by atoms with Crippen molar-refractivity contribution in [2.45, 2.75) is 11.8 Å². The second-order valence-electron chi connectivity index (χ2n) is 6.28. The first-order valence-corrected chi connectivity index (χ1v) is 10.7. The van der Waals surface area contributed by atoms with Gasteiger partial charge in [0, 0.05) is 44.0 Å². The zero-order chi connectivity index (χ0) is 19.6. The molecule has 0 aliphatic carbocycles. The van der Waals surface area contributed by atoms with Crippen molar-refractivity contribution in [3.05, 3.63) is 40.9 Å². The Hall–Kier alpha value is -2.14. The van der Waals surface area contributed by atoms with Crippen molar-refractivity contribution < 1.29 is 18.0 Å². The number of carbonyl (C=O) groups is 2. The molecule has 0 radical (unpaired) electrons. The van der Waals surface area contributed by atoms with Gasteiger partial charge in [-0.25, -0.2) is 13.4 Å². The van der Waals surface area contributed by atoms with Gasteiger partial charge in [-0.3, -0.25) is 14.9 Å². The summed E-state index contributed by atoms with van der Waals surface area (Å²) >= 11 is 1.14. The number of Topliss-reactive ketones (excluding diaryl/α,β-unsaturated/α-hetero) is 1. The van der Waals surface area contributed by atoms with Crippen molar-refractivity contribution in [2.75, 3.05) is 38.5 Å². The molecule has 10 heteroatoms. The van der Waals surface area contributed by atoms with Crippen molar-refractivity contribution in [3.63, 3.8) is 0 Å². The van der Waals surface area contributed by atoms with Gasteiger partial charge in [-0.1, -0.05) is 6.07 Å². The van der Waals surface area contributed by atoms with E-state index in [2.05, 4.69) is 15.2 Å². The Morgan fingerprint density at radius 3 is 2.52 bits per heavy atom. The van der Waals surface area contributed by atoms with E-state index in [0.717, 1.165) is 11.3 Å². The van der Waals surface area contributed by atoms with Gasteiger partial charge < -0.3 is 4.90 Å². The number of thiazole rings is 1. The number of rotatable bonds is 5. The lowest BCUT2D eigenvalue weighted by atomic mass is 10.2. The fourth-order valence-corrected chi connectivity index (χ4v) is 4.85. The summed E-state index contributed by atoms with van der Waals surface area (Å²) in [7, 11) is -1.70. The molecule has 0 spiro atoms. The first-order chi connectivity index (χ1) is 12.8. The molecule has 1 fully saturated rings. The predicted molar refractivity (Wildman–Crippen MR) is 103 cm³/mol. The van der Waals surface area contributed by atoms with Crippen LogP contribution in [0.1, 0.15) is 27.8 Å². The summed E-state index contributed by atoms with van der Waals surface area (Å²) in [5.74, 6) is -0.665. The first kappa shape index (κ1) is 19.6. The minimum absolute atomic E-state index is 0.0864. The van der Waals surface area contributed by atoms with Gasteiger partial charge in [0.15, 0.2) is 10.9 Å². The molecule has 8 nitrogen and oxygen atoms in total. The number of hydrogen-bond acceptors (Lipinski definition) is 7. The third kappa shape index (κ3) is 4.41. The molecular weight excluding hydrogens is 388 g/mol. The first-order valence-electron chi connectivity index (χ1n) is 8.34. The van der Waals surface area contributed by atoms with Gasteiger partial charge in [-0.15, -0.1) is 11.3 Å². The van der Waals surface area contributed by atoms with Crippen LogP contribution in [0.15, 0.2) is 34.5 Å². The third-order valence-corrected chi connectivity index (χ3v) is 6.93. The molecule has 0 bridgehead atoms. The van der Waals surface area contributed by atoms with Gasteiger partial charge in [0.25, 0.3) is 5.91 Å². The van der Waals surface area contributed by atoms with Gasteiger partial charge in [-0.05, 0) is 25.2 Å². The van der Waals surface area contributed by atoms with Gasteiger partial charge in [0.2, 0.25) is 10.0 Å². The van der Waals surface area contributed by atoms with Gasteiger partial charge in [0.05, 0.1) is 4.90 Å². The van der Waals surface area contributed by atoms with Crippen LogP contribution >= 0.6 is 11.3 Å². The minimum atomic E-state index is -3.65. The average Bonchev–Trinajstić information content (AvgIpc) is 3.11. The largest absolute Gasteiger partial charge is 0.304 e. The molecule has 3 rings (SSSR count). The molecule has 1 aromatic carbocycles. The van der Waals surface area contributed by atoms with E-state index >= 15 is 0 Å². The fraction of sp³-hybridized carbons (Fsp3) is 0.353. The highest BCUT2D eigenvalue weighted by molar-refractivity contribution is 7.89. The molecule has 1 amide bonds. The Bertz CT molecular complexity index is 963. The van der Waals surface area contributed by atoms with E-state index in [9.17, 15) is 18.0 Å². The maximum Gasteiger partial charge on any atom is 0.257 e. The summed E-state index contributed by atoms with van der Waals surface area (Å²) in [5.41, 5.74) is 0.492. The van der Waals surface area contributed by atoms with E-state index in [4.69, 9.17) is 0 Å². The highest BCUT2D eigenvalue weighted by Crippen LogP contribution is 2.21. The molecule has 0 atom stereocenters. The van der Waals surface area contributed by atoms with E-state index in [0.29, 0.717) is 26.2 Å². The molecule has 144 valence electrons. The van der Waals surface area contributed by atoms with Crippen molar-refractivity contribution >= 4 is 38.2 Å². The van der Waals surface area contributed by atoms with Crippen LogP contribution in [0, 0.1) is 0 Å². The Morgan fingerprint density at radius 1 is 1.19 bits per heavy atom. The summed E-state index contributed by atoms with van der Waals surface area (Å²) in [6, 6.07) is 5.93. The Labute approximate surface area is 161 Å². The number of likely N-dealkylation sites (N-methyl/N-ethyl adjacent to an activating group) is 1. The number of sulfonamides is 1. The van der Waals surface area contributed by atoms with Crippen LogP contribution in [0.4, 0.5) is 5.13 Å². The molecule has 2 heterocycles. The van der Waals surface area contributed by atoms with E-state index in [1.807, 2.05) is 7.05 Å². The zero-order valence-electron chi connectivity index (χ0n) is 15.0. The summed E-state index contributed by atoms with van der Waals surface area (Å²) in [4.78, 5) is 29.9. The summed E-state index contributed by atoms with van der Waals surface area (Å²) in [5, 5.41) is 4.45. The van der Waals surface area contributed by atoms with Crippen LogP contribution in [0.2, 0.25) is 0 Å². The molecule has 2 aromatic rings.